The minimum atomic E-state index is 0.486. The van der Waals surface area contributed by atoms with Gasteiger partial charge in [0.05, 0.1) is 6.20 Å². The quantitative estimate of drug-likeness (QED) is 0.686. The Morgan fingerprint density at radius 3 is 2.69 bits per heavy atom. The lowest BCUT2D eigenvalue weighted by Gasteiger charge is -2.16. The van der Waals surface area contributed by atoms with Gasteiger partial charge in [-0.15, -0.1) is 0 Å². The van der Waals surface area contributed by atoms with E-state index in [1.807, 2.05) is 17.9 Å². The van der Waals surface area contributed by atoms with Crippen LogP contribution in [-0.4, -0.2) is 16.3 Å². The van der Waals surface area contributed by atoms with Gasteiger partial charge in [-0.3, -0.25) is 4.68 Å². The van der Waals surface area contributed by atoms with E-state index in [-0.39, 0.29) is 0 Å². The monoisotopic (exact) mass is 223 g/mol. The first-order valence-corrected chi connectivity index (χ1v) is 6.49. The lowest BCUT2D eigenvalue weighted by atomic mass is 10.0. The topological polar surface area (TPSA) is 29.9 Å². The summed E-state index contributed by atoms with van der Waals surface area (Å²) in [5.41, 5.74) is 1.33. The molecule has 0 aromatic carbocycles. The van der Waals surface area contributed by atoms with Crippen molar-refractivity contribution in [2.75, 3.05) is 6.54 Å². The molecule has 1 aromatic rings. The summed E-state index contributed by atoms with van der Waals surface area (Å²) in [7, 11) is 1.98. The summed E-state index contributed by atoms with van der Waals surface area (Å²) < 4.78 is 1.88. The molecule has 1 rings (SSSR count). The molecular formula is C13H25N3. The fourth-order valence-electron chi connectivity index (χ4n) is 1.92. The molecule has 0 amide bonds. The fourth-order valence-corrected chi connectivity index (χ4v) is 1.92. The Bertz CT molecular complexity index is 280. The first-order valence-electron chi connectivity index (χ1n) is 6.49. The first-order chi connectivity index (χ1) is 7.77. The van der Waals surface area contributed by atoms with Crippen LogP contribution in [0.5, 0.6) is 0 Å². The average molecular weight is 223 g/mol. The smallest absolute Gasteiger partial charge is 0.0537 e. The molecule has 0 spiro atoms. The summed E-state index contributed by atoms with van der Waals surface area (Å²) in [5, 5.41) is 7.86. The van der Waals surface area contributed by atoms with Gasteiger partial charge in [0.25, 0.3) is 0 Å². The Hall–Kier alpha value is -0.830. The van der Waals surface area contributed by atoms with Gasteiger partial charge >= 0.3 is 0 Å². The Kier molecular flexibility index (Phi) is 6.16. The molecule has 3 nitrogen and oxygen atoms in total. The van der Waals surface area contributed by atoms with E-state index < -0.39 is 0 Å². The maximum Gasteiger partial charge on any atom is 0.0537 e. The highest BCUT2D eigenvalue weighted by molar-refractivity contribution is 5.10. The molecule has 16 heavy (non-hydrogen) atoms. The largest absolute Gasteiger partial charge is 0.310 e. The highest BCUT2D eigenvalue weighted by atomic mass is 15.2. The Morgan fingerprint density at radius 1 is 1.31 bits per heavy atom. The van der Waals surface area contributed by atoms with E-state index >= 15 is 0 Å². The van der Waals surface area contributed by atoms with Crippen molar-refractivity contribution in [1.29, 1.82) is 0 Å². The van der Waals surface area contributed by atoms with Crippen molar-refractivity contribution in [1.82, 2.24) is 15.1 Å². The normalized spacial score (nSPS) is 12.9. The van der Waals surface area contributed by atoms with Gasteiger partial charge in [-0.05, 0) is 19.4 Å². The zero-order chi connectivity index (χ0) is 11.8. The minimum absolute atomic E-state index is 0.486. The molecule has 0 radical (unpaired) electrons. The zero-order valence-corrected chi connectivity index (χ0v) is 10.9. The van der Waals surface area contributed by atoms with Crippen molar-refractivity contribution in [3.8, 4) is 0 Å². The molecule has 0 saturated heterocycles. The van der Waals surface area contributed by atoms with E-state index in [0.717, 1.165) is 6.54 Å². The molecule has 3 heteroatoms. The number of hydrogen-bond acceptors (Lipinski definition) is 2. The van der Waals surface area contributed by atoms with Gasteiger partial charge in [0.15, 0.2) is 0 Å². The molecule has 1 aromatic heterocycles. The molecule has 0 bridgehead atoms. The highest BCUT2D eigenvalue weighted by Gasteiger charge is 2.11. The van der Waals surface area contributed by atoms with Crippen LogP contribution in [-0.2, 0) is 7.05 Å². The number of rotatable bonds is 8. The Balaban J connectivity index is 2.49. The van der Waals surface area contributed by atoms with Crippen LogP contribution in [0.2, 0.25) is 0 Å². The number of hydrogen-bond donors (Lipinski definition) is 1. The highest BCUT2D eigenvalue weighted by Crippen LogP contribution is 2.19. The Labute approximate surface area is 99.2 Å². The van der Waals surface area contributed by atoms with Gasteiger partial charge in [0.2, 0.25) is 0 Å². The summed E-state index contributed by atoms with van der Waals surface area (Å²) in [6.07, 6.45) is 10.4. The summed E-state index contributed by atoms with van der Waals surface area (Å²) >= 11 is 0. The average Bonchev–Trinajstić information content (AvgIpc) is 2.70. The van der Waals surface area contributed by atoms with Crippen molar-refractivity contribution < 1.29 is 0 Å². The predicted octanol–water partition coefficient (Wildman–Crippen LogP) is 3.04. The third kappa shape index (κ3) is 4.35. The van der Waals surface area contributed by atoms with E-state index in [2.05, 4.69) is 30.5 Å². The number of aryl methyl sites for hydroxylation is 1. The molecule has 1 atom stereocenters. The fraction of sp³-hybridized carbons (Fsp3) is 0.769. The summed E-state index contributed by atoms with van der Waals surface area (Å²) in [6, 6.07) is 0.486. The van der Waals surface area contributed by atoms with Gasteiger partial charge in [0.1, 0.15) is 0 Å². The van der Waals surface area contributed by atoms with Crippen LogP contribution >= 0.6 is 0 Å². The number of nitrogens with zero attached hydrogens (tertiary/aromatic N) is 2. The van der Waals surface area contributed by atoms with Crippen LogP contribution in [0.4, 0.5) is 0 Å². The van der Waals surface area contributed by atoms with Crippen LogP contribution in [0.1, 0.15) is 57.6 Å². The maximum atomic E-state index is 4.25. The molecule has 0 aliphatic heterocycles. The molecule has 0 saturated carbocycles. The molecule has 1 N–H and O–H groups in total. The number of nitrogens with one attached hydrogen (secondary N) is 1. The van der Waals surface area contributed by atoms with Crippen molar-refractivity contribution in [2.45, 2.75) is 52.0 Å². The molecular weight excluding hydrogens is 198 g/mol. The van der Waals surface area contributed by atoms with Gasteiger partial charge in [0, 0.05) is 24.8 Å². The van der Waals surface area contributed by atoms with Crippen LogP contribution in [0.15, 0.2) is 12.4 Å². The van der Waals surface area contributed by atoms with Crippen molar-refractivity contribution in [3.05, 3.63) is 18.0 Å². The summed E-state index contributed by atoms with van der Waals surface area (Å²) in [5.74, 6) is 0. The van der Waals surface area contributed by atoms with Gasteiger partial charge in [-0.1, -0.05) is 33.1 Å². The SMILES string of the molecule is CCCCCC(NCCC)c1cnn(C)c1. The number of aromatic nitrogens is 2. The predicted molar refractivity (Wildman–Crippen MR) is 68.4 cm³/mol. The molecule has 1 heterocycles. The van der Waals surface area contributed by atoms with E-state index in [9.17, 15) is 0 Å². The molecule has 1 unspecified atom stereocenters. The third-order valence-electron chi connectivity index (χ3n) is 2.86. The van der Waals surface area contributed by atoms with E-state index in [1.165, 1.54) is 37.7 Å². The van der Waals surface area contributed by atoms with Crippen LogP contribution in [0, 0.1) is 0 Å². The van der Waals surface area contributed by atoms with E-state index in [1.54, 1.807) is 0 Å². The zero-order valence-electron chi connectivity index (χ0n) is 10.9. The van der Waals surface area contributed by atoms with Crippen molar-refractivity contribution in [3.63, 3.8) is 0 Å². The second-order valence-corrected chi connectivity index (χ2v) is 4.45. The molecule has 0 aliphatic carbocycles. The standard InChI is InChI=1S/C13H25N3/c1-4-6-7-8-13(14-9-5-2)12-10-15-16(3)11-12/h10-11,13-14H,4-9H2,1-3H3. The minimum Gasteiger partial charge on any atom is -0.310 e. The lowest BCUT2D eigenvalue weighted by molar-refractivity contribution is 0.474. The first kappa shape index (κ1) is 13.2. The summed E-state index contributed by atoms with van der Waals surface area (Å²) in [4.78, 5) is 0. The van der Waals surface area contributed by atoms with Gasteiger partial charge in [-0.25, -0.2) is 0 Å². The van der Waals surface area contributed by atoms with Gasteiger partial charge < -0.3 is 5.32 Å². The maximum absolute atomic E-state index is 4.25. The van der Waals surface area contributed by atoms with Gasteiger partial charge in [-0.2, -0.15) is 5.10 Å². The van der Waals surface area contributed by atoms with E-state index in [0.29, 0.717) is 6.04 Å². The van der Waals surface area contributed by atoms with E-state index in [4.69, 9.17) is 0 Å². The van der Waals surface area contributed by atoms with Crippen molar-refractivity contribution >= 4 is 0 Å². The Morgan fingerprint density at radius 2 is 2.12 bits per heavy atom. The third-order valence-corrected chi connectivity index (χ3v) is 2.86. The van der Waals surface area contributed by atoms with Crippen LogP contribution in [0.3, 0.4) is 0 Å². The second-order valence-electron chi connectivity index (χ2n) is 4.45. The van der Waals surface area contributed by atoms with Crippen LogP contribution < -0.4 is 5.32 Å². The number of unbranched alkanes of at least 4 members (excludes halogenated alkanes) is 2. The molecule has 0 fully saturated rings. The molecule has 0 aliphatic rings. The summed E-state index contributed by atoms with van der Waals surface area (Å²) in [6.45, 7) is 5.55. The lowest BCUT2D eigenvalue weighted by Crippen LogP contribution is -2.21. The van der Waals surface area contributed by atoms with Crippen LogP contribution in [0.25, 0.3) is 0 Å². The second kappa shape index (κ2) is 7.44. The van der Waals surface area contributed by atoms with Crippen molar-refractivity contribution in [2.24, 2.45) is 7.05 Å². The molecule has 92 valence electrons.